The standard InChI is InChI=1S/C22H29N3O3S/c1-27-20-9-4-17(14-21(20)28-2)15-24-10-12-25(13-11-24)16-22(26)23-18-5-7-19(29-3)8-6-18/h4-9,14H,10-13,15-16H2,1-3H3,(H,23,26). The summed E-state index contributed by atoms with van der Waals surface area (Å²) >= 11 is 1.69. The fourth-order valence-corrected chi connectivity index (χ4v) is 3.83. The van der Waals surface area contributed by atoms with Crippen LogP contribution in [0.5, 0.6) is 11.5 Å². The Kier molecular flexibility index (Phi) is 7.80. The lowest BCUT2D eigenvalue weighted by molar-refractivity contribution is -0.117. The van der Waals surface area contributed by atoms with Crippen LogP contribution in [0, 0.1) is 0 Å². The summed E-state index contributed by atoms with van der Waals surface area (Å²) in [4.78, 5) is 18.1. The molecule has 0 spiro atoms. The van der Waals surface area contributed by atoms with Gasteiger partial charge in [0, 0.05) is 43.3 Å². The van der Waals surface area contributed by atoms with Gasteiger partial charge in [0.25, 0.3) is 0 Å². The Bertz CT molecular complexity index is 805. The number of carbonyl (C=O) groups is 1. The van der Waals surface area contributed by atoms with E-state index in [0.717, 1.165) is 49.9 Å². The third-order valence-electron chi connectivity index (χ3n) is 5.06. The highest BCUT2D eigenvalue weighted by atomic mass is 32.2. The number of rotatable bonds is 8. The maximum Gasteiger partial charge on any atom is 0.238 e. The monoisotopic (exact) mass is 415 g/mol. The third kappa shape index (κ3) is 6.13. The molecule has 2 aromatic rings. The van der Waals surface area contributed by atoms with Crippen molar-refractivity contribution in [3.8, 4) is 11.5 Å². The minimum atomic E-state index is 0.0373. The summed E-state index contributed by atoms with van der Waals surface area (Å²) in [6.45, 7) is 4.92. The Balaban J connectivity index is 1.44. The predicted molar refractivity (Wildman–Crippen MR) is 118 cm³/mol. The molecule has 1 aliphatic heterocycles. The third-order valence-corrected chi connectivity index (χ3v) is 5.80. The van der Waals surface area contributed by atoms with E-state index in [2.05, 4.69) is 21.2 Å². The van der Waals surface area contributed by atoms with E-state index in [1.54, 1.807) is 26.0 Å². The number of nitrogens with zero attached hydrogens (tertiary/aromatic N) is 2. The number of anilines is 1. The van der Waals surface area contributed by atoms with Crippen molar-refractivity contribution in [1.82, 2.24) is 9.80 Å². The maximum atomic E-state index is 12.3. The van der Waals surface area contributed by atoms with Gasteiger partial charge >= 0.3 is 0 Å². The molecule has 29 heavy (non-hydrogen) atoms. The van der Waals surface area contributed by atoms with Crippen molar-refractivity contribution in [1.29, 1.82) is 0 Å². The number of amides is 1. The van der Waals surface area contributed by atoms with Crippen molar-refractivity contribution in [3.05, 3.63) is 48.0 Å². The van der Waals surface area contributed by atoms with Gasteiger partial charge in [0.15, 0.2) is 11.5 Å². The number of ether oxygens (including phenoxy) is 2. The minimum absolute atomic E-state index is 0.0373. The first kappa shape index (κ1) is 21.5. The zero-order valence-corrected chi connectivity index (χ0v) is 18.1. The van der Waals surface area contributed by atoms with Gasteiger partial charge in [-0.2, -0.15) is 0 Å². The molecule has 0 aromatic heterocycles. The van der Waals surface area contributed by atoms with Crippen LogP contribution in [0.1, 0.15) is 5.56 Å². The van der Waals surface area contributed by atoms with Gasteiger partial charge in [0.1, 0.15) is 0 Å². The lowest BCUT2D eigenvalue weighted by Crippen LogP contribution is -2.48. The highest BCUT2D eigenvalue weighted by Crippen LogP contribution is 2.28. The van der Waals surface area contributed by atoms with Gasteiger partial charge in [0.2, 0.25) is 5.91 Å². The van der Waals surface area contributed by atoms with Gasteiger partial charge in [-0.3, -0.25) is 14.6 Å². The van der Waals surface area contributed by atoms with Gasteiger partial charge in [0.05, 0.1) is 20.8 Å². The molecule has 0 unspecified atom stereocenters. The fraction of sp³-hybridized carbons (Fsp3) is 0.409. The number of carbonyl (C=O) groups excluding carboxylic acids is 1. The second kappa shape index (κ2) is 10.5. The molecular weight excluding hydrogens is 386 g/mol. The largest absolute Gasteiger partial charge is 0.493 e. The van der Waals surface area contributed by atoms with Gasteiger partial charge in [-0.1, -0.05) is 6.07 Å². The number of piperazine rings is 1. The molecule has 1 aliphatic rings. The summed E-state index contributed by atoms with van der Waals surface area (Å²) in [5.74, 6) is 1.54. The van der Waals surface area contributed by atoms with E-state index in [9.17, 15) is 4.79 Å². The van der Waals surface area contributed by atoms with E-state index in [-0.39, 0.29) is 5.91 Å². The molecule has 1 N–H and O–H groups in total. The molecule has 2 aromatic carbocycles. The zero-order chi connectivity index (χ0) is 20.6. The van der Waals surface area contributed by atoms with Crippen LogP contribution < -0.4 is 14.8 Å². The van der Waals surface area contributed by atoms with Crippen LogP contribution in [-0.4, -0.2) is 68.9 Å². The van der Waals surface area contributed by atoms with Crippen LogP contribution in [0.3, 0.4) is 0 Å². The number of thioether (sulfide) groups is 1. The number of hydrogen-bond donors (Lipinski definition) is 1. The van der Waals surface area contributed by atoms with E-state index >= 15 is 0 Å². The summed E-state index contributed by atoms with van der Waals surface area (Å²) in [6.07, 6.45) is 2.04. The maximum absolute atomic E-state index is 12.3. The second-order valence-electron chi connectivity index (χ2n) is 7.02. The number of methoxy groups -OCH3 is 2. The van der Waals surface area contributed by atoms with Crippen LogP contribution in [-0.2, 0) is 11.3 Å². The second-order valence-corrected chi connectivity index (χ2v) is 7.90. The molecule has 0 bridgehead atoms. The number of hydrogen-bond acceptors (Lipinski definition) is 6. The molecule has 156 valence electrons. The number of nitrogens with one attached hydrogen (secondary N) is 1. The predicted octanol–water partition coefficient (Wildman–Crippen LogP) is 3.18. The topological polar surface area (TPSA) is 54.0 Å². The van der Waals surface area contributed by atoms with Gasteiger partial charge in [-0.05, 0) is 48.2 Å². The normalized spacial score (nSPS) is 15.1. The van der Waals surface area contributed by atoms with Gasteiger partial charge in [-0.15, -0.1) is 11.8 Å². The lowest BCUT2D eigenvalue weighted by Gasteiger charge is -2.34. The van der Waals surface area contributed by atoms with Crippen molar-refractivity contribution >= 4 is 23.4 Å². The van der Waals surface area contributed by atoms with Crippen molar-refractivity contribution in [2.75, 3.05) is 58.5 Å². The molecule has 1 fully saturated rings. The van der Waals surface area contributed by atoms with Crippen LogP contribution in [0.25, 0.3) is 0 Å². The molecule has 7 heteroatoms. The zero-order valence-electron chi connectivity index (χ0n) is 17.3. The van der Waals surface area contributed by atoms with Gasteiger partial charge in [-0.25, -0.2) is 0 Å². The molecule has 1 amide bonds. The summed E-state index contributed by atoms with van der Waals surface area (Å²) in [5.41, 5.74) is 2.04. The summed E-state index contributed by atoms with van der Waals surface area (Å²) in [7, 11) is 3.30. The van der Waals surface area contributed by atoms with E-state index in [1.807, 2.05) is 42.7 Å². The molecule has 0 aliphatic carbocycles. The molecule has 0 atom stereocenters. The molecular formula is C22H29N3O3S. The Labute approximate surface area is 177 Å². The molecule has 0 saturated carbocycles. The highest BCUT2D eigenvalue weighted by Gasteiger charge is 2.19. The molecule has 0 radical (unpaired) electrons. The van der Waals surface area contributed by atoms with Crippen molar-refractivity contribution in [3.63, 3.8) is 0 Å². The van der Waals surface area contributed by atoms with Gasteiger partial charge < -0.3 is 14.8 Å². The quantitative estimate of drug-likeness (QED) is 0.669. The molecule has 1 heterocycles. The summed E-state index contributed by atoms with van der Waals surface area (Å²) < 4.78 is 10.7. The van der Waals surface area contributed by atoms with E-state index in [4.69, 9.17) is 9.47 Å². The SMILES string of the molecule is COc1ccc(CN2CCN(CC(=O)Nc3ccc(SC)cc3)CC2)cc1OC. The van der Waals surface area contributed by atoms with E-state index in [0.29, 0.717) is 6.54 Å². The minimum Gasteiger partial charge on any atom is -0.493 e. The fourth-order valence-electron chi connectivity index (χ4n) is 3.42. The first-order valence-corrected chi connectivity index (χ1v) is 10.9. The first-order valence-electron chi connectivity index (χ1n) is 9.71. The number of benzene rings is 2. The van der Waals surface area contributed by atoms with E-state index < -0.39 is 0 Å². The lowest BCUT2D eigenvalue weighted by atomic mass is 10.1. The van der Waals surface area contributed by atoms with Crippen LogP contribution in [0.4, 0.5) is 5.69 Å². The van der Waals surface area contributed by atoms with Crippen LogP contribution in [0.15, 0.2) is 47.4 Å². The van der Waals surface area contributed by atoms with Crippen LogP contribution in [0.2, 0.25) is 0 Å². The summed E-state index contributed by atoms with van der Waals surface area (Å²) in [6, 6.07) is 14.0. The van der Waals surface area contributed by atoms with Crippen molar-refractivity contribution in [2.24, 2.45) is 0 Å². The Morgan fingerprint density at radius 2 is 1.62 bits per heavy atom. The first-order chi connectivity index (χ1) is 14.1. The molecule has 6 nitrogen and oxygen atoms in total. The average Bonchev–Trinajstić information content (AvgIpc) is 2.75. The smallest absolute Gasteiger partial charge is 0.238 e. The molecule has 1 saturated heterocycles. The Hall–Kier alpha value is -2.22. The summed E-state index contributed by atoms with van der Waals surface area (Å²) in [5, 5.41) is 2.99. The van der Waals surface area contributed by atoms with Crippen molar-refractivity contribution < 1.29 is 14.3 Å². The Morgan fingerprint density at radius 1 is 0.966 bits per heavy atom. The average molecular weight is 416 g/mol. The Morgan fingerprint density at radius 3 is 2.24 bits per heavy atom. The van der Waals surface area contributed by atoms with Crippen molar-refractivity contribution in [2.45, 2.75) is 11.4 Å². The molecule has 3 rings (SSSR count). The van der Waals surface area contributed by atoms with Crippen LogP contribution >= 0.6 is 11.8 Å². The van der Waals surface area contributed by atoms with E-state index in [1.165, 1.54) is 10.5 Å². The highest BCUT2D eigenvalue weighted by molar-refractivity contribution is 7.98.